The van der Waals surface area contributed by atoms with E-state index in [1.807, 2.05) is 20.8 Å². The molecular formula is C22H19Cl2FN2O2S. The van der Waals surface area contributed by atoms with Gasteiger partial charge in [-0.15, -0.1) is 0 Å². The molecule has 0 aromatic heterocycles. The van der Waals surface area contributed by atoms with Crippen molar-refractivity contribution in [2.24, 2.45) is 10.4 Å². The van der Waals surface area contributed by atoms with Gasteiger partial charge in [-0.2, -0.15) is 0 Å². The van der Waals surface area contributed by atoms with Gasteiger partial charge in [0.25, 0.3) is 5.91 Å². The van der Waals surface area contributed by atoms with Crippen molar-refractivity contribution >= 4 is 63.6 Å². The molecule has 8 heteroatoms. The van der Waals surface area contributed by atoms with Crippen molar-refractivity contribution in [1.82, 2.24) is 0 Å². The molecule has 0 unspecified atom stereocenters. The highest BCUT2D eigenvalue weighted by molar-refractivity contribution is 8.14. The Morgan fingerprint density at radius 3 is 2.50 bits per heavy atom. The van der Waals surface area contributed by atoms with Crippen molar-refractivity contribution in [2.45, 2.75) is 20.8 Å². The first-order chi connectivity index (χ1) is 14.1. The number of hydrogen-bond acceptors (Lipinski definition) is 4. The molecule has 1 aliphatic rings. The topological polar surface area (TPSA) is 49.7 Å². The zero-order valence-electron chi connectivity index (χ0n) is 16.6. The maximum absolute atomic E-state index is 14.5. The predicted octanol–water partition coefficient (Wildman–Crippen LogP) is 6.22. The van der Waals surface area contributed by atoms with E-state index in [9.17, 15) is 14.0 Å². The summed E-state index contributed by atoms with van der Waals surface area (Å²) in [6.45, 7) is 5.46. The van der Waals surface area contributed by atoms with Gasteiger partial charge in [0.15, 0.2) is 5.17 Å². The highest BCUT2D eigenvalue weighted by Crippen LogP contribution is 2.32. The molecule has 0 radical (unpaired) electrons. The number of Topliss-reactive ketones (excluding diaryl/α,β-unsaturated/α-hetero) is 1. The Hall–Kier alpha value is -2.15. The van der Waals surface area contributed by atoms with Crippen LogP contribution in [0.15, 0.2) is 53.2 Å². The van der Waals surface area contributed by atoms with Crippen molar-refractivity contribution in [1.29, 1.82) is 0 Å². The van der Waals surface area contributed by atoms with Gasteiger partial charge in [0.2, 0.25) is 0 Å². The molecule has 4 nitrogen and oxygen atoms in total. The van der Waals surface area contributed by atoms with Gasteiger partial charge in [-0.05, 0) is 35.9 Å². The predicted molar refractivity (Wildman–Crippen MR) is 123 cm³/mol. The van der Waals surface area contributed by atoms with Crippen LogP contribution in [0.4, 0.5) is 10.1 Å². The molecule has 0 aliphatic carbocycles. The van der Waals surface area contributed by atoms with Gasteiger partial charge in [-0.25, -0.2) is 9.38 Å². The van der Waals surface area contributed by atoms with Crippen LogP contribution in [0.3, 0.4) is 0 Å². The number of nitrogens with zero attached hydrogens (tertiary/aromatic N) is 2. The molecule has 2 aromatic carbocycles. The lowest BCUT2D eigenvalue weighted by Gasteiger charge is -2.20. The van der Waals surface area contributed by atoms with E-state index in [2.05, 4.69) is 4.99 Å². The SMILES string of the molecule is CC(C)(C)C(=O)CSC1=N/C(=C\c2ccc(Cl)c(Cl)c2)C(=O)N1c1ccccc1F. The molecular weight excluding hydrogens is 446 g/mol. The lowest BCUT2D eigenvalue weighted by molar-refractivity contribution is -0.123. The maximum atomic E-state index is 14.5. The second kappa shape index (κ2) is 8.92. The van der Waals surface area contributed by atoms with Gasteiger partial charge in [0.1, 0.15) is 17.3 Å². The highest BCUT2D eigenvalue weighted by atomic mass is 35.5. The van der Waals surface area contributed by atoms with Crippen LogP contribution in [0.2, 0.25) is 10.0 Å². The number of aliphatic imine (C=N–C) groups is 1. The molecule has 1 amide bonds. The Labute approximate surface area is 188 Å². The minimum Gasteiger partial charge on any atom is -0.298 e. The van der Waals surface area contributed by atoms with E-state index in [4.69, 9.17) is 23.2 Å². The van der Waals surface area contributed by atoms with Crippen molar-refractivity contribution in [3.63, 3.8) is 0 Å². The third kappa shape index (κ3) is 4.94. The molecule has 0 bridgehead atoms. The van der Waals surface area contributed by atoms with Crippen LogP contribution in [0.5, 0.6) is 0 Å². The Morgan fingerprint density at radius 2 is 1.87 bits per heavy atom. The lowest BCUT2D eigenvalue weighted by atomic mass is 9.92. The molecule has 156 valence electrons. The number of ketones is 1. The third-order valence-corrected chi connectivity index (χ3v) is 6.02. The standard InChI is InChI=1S/C22H19Cl2FN2O2S/c1-22(2,3)19(28)12-30-21-26-17(11-13-8-9-14(23)15(24)10-13)20(29)27(21)18-7-5-4-6-16(18)25/h4-11H,12H2,1-3H3/b17-11-. The monoisotopic (exact) mass is 464 g/mol. The summed E-state index contributed by atoms with van der Waals surface area (Å²) >= 11 is 13.1. The fraction of sp³-hybridized carbons (Fsp3) is 0.227. The van der Waals surface area contributed by atoms with Crippen molar-refractivity contribution in [3.05, 3.63) is 69.6 Å². The Bertz CT molecular complexity index is 1080. The number of para-hydroxylation sites is 1. The van der Waals surface area contributed by atoms with Crippen molar-refractivity contribution in [2.75, 3.05) is 10.7 Å². The molecule has 2 aromatic rings. The molecule has 30 heavy (non-hydrogen) atoms. The van der Waals surface area contributed by atoms with Gasteiger partial charge >= 0.3 is 0 Å². The summed E-state index contributed by atoms with van der Waals surface area (Å²) in [5.74, 6) is -0.937. The average molecular weight is 465 g/mol. The van der Waals surface area contributed by atoms with E-state index in [0.717, 1.165) is 11.8 Å². The number of amidine groups is 1. The molecule has 1 heterocycles. The molecule has 0 atom stereocenters. The van der Waals surface area contributed by atoms with E-state index in [0.29, 0.717) is 15.6 Å². The van der Waals surface area contributed by atoms with Crippen LogP contribution in [0.25, 0.3) is 6.08 Å². The number of carbonyl (C=O) groups excluding carboxylic acids is 2. The number of hydrogen-bond donors (Lipinski definition) is 0. The van der Waals surface area contributed by atoms with Crippen LogP contribution < -0.4 is 4.90 Å². The summed E-state index contributed by atoms with van der Waals surface area (Å²) in [5, 5.41) is 0.982. The lowest BCUT2D eigenvalue weighted by Crippen LogP contribution is -2.32. The Balaban J connectivity index is 1.99. The van der Waals surface area contributed by atoms with Crippen LogP contribution in [0.1, 0.15) is 26.3 Å². The fourth-order valence-electron chi connectivity index (χ4n) is 2.55. The second-order valence-corrected chi connectivity index (χ2v) is 9.41. The van der Waals surface area contributed by atoms with E-state index in [-0.39, 0.29) is 28.1 Å². The van der Waals surface area contributed by atoms with Crippen LogP contribution >= 0.6 is 35.0 Å². The minimum atomic E-state index is -0.558. The van der Waals surface area contributed by atoms with Gasteiger partial charge in [0, 0.05) is 5.41 Å². The first kappa shape index (κ1) is 22.5. The zero-order valence-corrected chi connectivity index (χ0v) is 18.9. The van der Waals surface area contributed by atoms with Gasteiger partial charge < -0.3 is 0 Å². The highest BCUT2D eigenvalue weighted by Gasteiger charge is 2.34. The number of amides is 1. The number of halogens is 3. The molecule has 0 fully saturated rings. The van der Waals surface area contributed by atoms with Gasteiger partial charge in [-0.1, -0.05) is 73.9 Å². The third-order valence-electron chi connectivity index (χ3n) is 4.34. The smallest absolute Gasteiger partial charge is 0.283 e. The zero-order chi connectivity index (χ0) is 22.1. The Kier molecular flexibility index (Phi) is 6.70. The number of thioether (sulfide) groups is 1. The fourth-order valence-corrected chi connectivity index (χ4v) is 4.02. The summed E-state index contributed by atoms with van der Waals surface area (Å²) < 4.78 is 14.5. The van der Waals surface area contributed by atoms with Crippen LogP contribution in [0, 0.1) is 11.2 Å². The van der Waals surface area contributed by atoms with Gasteiger partial charge in [0.05, 0.1) is 21.5 Å². The van der Waals surface area contributed by atoms with E-state index in [1.165, 1.54) is 17.0 Å². The number of carbonyl (C=O) groups is 2. The second-order valence-electron chi connectivity index (χ2n) is 7.65. The molecule has 3 rings (SSSR count). The van der Waals surface area contributed by atoms with E-state index < -0.39 is 17.1 Å². The van der Waals surface area contributed by atoms with Crippen molar-refractivity contribution < 1.29 is 14.0 Å². The minimum absolute atomic E-state index is 0.00181. The summed E-state index contributed by atoms with van der Waals surface area (Å²) in [6, 6.07) is 10.9. The van der Waals surface area contributed by atoms with Crippen molar-refractivity contribution in [3.8, 4) is 0 Å². The van der Waals surface area contributed by atoms with E-state index in [1.54, 1.807) is 36.4 Å². The van der Waals surface area contributed by atoms with Crippen LogP contribution in [-0.4, -0.2) is 22.6 Å². The summed E-state index contributed by atoms with van der Waals surface area (Å²) in [4.78, 5) is 31.0. The summed E-state index contributed by atoms with van der Waals surface area (Å²) in [7, 11) is 0. The normalized spacial score (nSPS) is 15.7. The Morgan fingerprint density at radius 1 is 1.17 bits per heavy atom. The average Bonchev–Trinajstić information content (AvgIpc) is 2.97. The van der Waals surface area contributed by atoms with E-state index >= 15 is 0 Å². The molecule has 0 N–H and O–H groups in total. The summed E-state index contributed by atoms with van der Waals surface area (Å²) in [6.07, 6.45) is 1.55. The first-order valence-corrected chi connectivity index (χ1v) is 10.8. The molecule has 1 aliphatic heterocycles. The largest absolute Gasteiger partial charge is 0.298 e. The number of benzene rings is 2. The number of anilines is 1. The summed E-state index contributed by atoms with van der Waals surface area (Å²) in [5.41, 5.74) is 0.288. The quantitative estimate of drug-likeness (QED) is 0.504. The maximum Gasteiger partial charge on any atom is 0.283 e. The van der Waals surface area contributed by atoms with Crippen LogP contribution in [-0.2, 0) is 9.59 Å². The first-order valence-electron chi connectivity index (χ1n) is 9.08. The molecule has 0 spiro atoms. The van der Waals surface area contributed by atoms with Gasteiger partial charge in [-0.3, -0.25) is 14.5 Å². The molecule has 0 saturated carbocycles. The molecule has 0 saturated heterocycles. The number of rotatable bonds is 4.